The van der Waals surface area contributed by atoms with Crippen molar-refractivity contribution in [2.75, 3.05) is 11.9 Å². The molecule has 0 aliphatic rings. The molecule has 0 heterocycles. The maximum atomic E-state index is 13.0. The molecule has 0 atom stereocenters. The summed E-state index contributed by atoms with van der Waals surface area (Å²) in [6.45, 7) is -1.64. The molecular formula is C16H10ClF6NO2. The van der Waals surface area contributed by atoms with Crippen molar-refractivity contribution in [3.05, 3.63) is 58.6 Å². The topological polar surface area (TPSA) is 38.3 Å². The van der Waals surface area contributed by atoms with Crippen molar-refractivity contribution in [1.82, 2.24) is 0 Å². The molecule has 0 spiro atoms. The van der Waals surface area contributed by atoms with Gasteiger partial charge < -0.3 is 10.1 Å². The Balaban J connectivity index is 2.31. The van der Waals surface area contributed by atoms with Crippen LogP contribution in [0.2, 0.25) is 5.02 Å². The number of nitrogens with one attached hydrogen (secondary N) is 1. The quantitative estimate of drug-likeness (QED) is 0.687. The van der Waals surface area contributed by atoms with Crippen LogP contribution in [0.3, 0.4) is 0 Å². The number of anilines is 1. The van der Waals surface area contributed by atoms with Gasteiger partial charge in [-0.05, 0) is 30.3 Å². The normalized spacial score (nSPS) is 12.0. The van der Waals surface area contributed by atoms with E-state index in [9.17, 15) is 31.1 Å². The second kappa shape index (κ2) is 7.45. The molecule has 0 aliphatic carbocycles. The highest BCUT2D eigenvalue weighted by atomic mass is 35.5. The molecule has 0 aliphatic heterocycles. The first-order valence-electron chi connectivity index (χ1n) is 6.94. The fourth-order valence-corrected chi connectivity index (χ4v) is 2.18. The van der Waals surface area contributed by atoms with E-state index >= 15 is 0 Å². The number of rotatable bonds is 4. The molecule has 0 aromatic heterocycles. The third-order valence-corrected chi connectivity index (χ3v) is 3.29. The summed E-state index contributed by atoms with van der Waals surface area (Å²) in [4.78, 5) is 12.2. The maximum absolute atomic E-state index is 13.0. The number of ether oxygens (including phenoxy) is 1. The zero-order valence-corrected chi connectivity index (χ0v) is 13.5. The number of alkyl halides is 6. The van der Waals surface area contributed by atoms with E-state index in [0.29, 0.717) is 6.07 Å². The molecule has 0 fully saturated rings. The summed E-state index contributed by atoms with van der Waals surface area (Å²) in [5.41, 5.74) is -2.16. The van der Waals surface area contributed by atoms with Gasteiger partial charge in [-0.1, -0.05) is 23.7 Å². The third kappa shape index (κ3) is 5.29. The molecule has 140 valence electrons. The number of hydrogen-bond donors (Lipinski definition) is 1. The Morgan fingerprint density at radius 2 is 1.69 bits per heavy atom. The van der Waals surface area contributed by atoms with Crippen molar-refractivity contribution in [2.24, 2.45) is 0 Å². The number of carbonyl (C=O) groups is 1. The first-order valence-corrected chi connectivity index (χ1v) is 7.32. The third-order valence-electron chi connectivity index (χ3n) is 3.06. The highest BCUT2D eigenvalue weighted by molar-refractivity contribution is 6.31. The van der Waals surface area contributed by atoms with Crippen LogP contribution < -0.4 is 10.1 Å². The van der Waals surface area contributed by atoms with E-state index in [-0.39, 0.29) is 16.5 Å². The summed E-state index contributed by atoms with van der Waals surface area (Å²) in [5, 5.41) is 2.15. The van der Waals surface area contributed by atoms with E-state index in [1.807, 2.05) is 0 Å². The van der Waals surface area contributed by atoms with Gasteiger partial charge in [0.05, 0.1) is 16.8 Å². The summed E-state index contributed by atoms with van der Waals surface area (Å²) in [6, 6.07) is 7.35. The molecule has 1 N–H and O–H groups in total. The lowest BCUT2D eigenvalue weighted by molar-refractivity contribution is -0.153. The smallest absolute Gasteiger partial charge is 0.422 e. The molecule has 2 aromatic carbocycles. The Kier molecular flexibility index (Phi) is 5.70. The van der Waals surface area contributed by atoms with Gasteiger partial charge >= 0.3 is 12.4 Å². The fraction of sp³-hybridized carbons (Fsp3) is 0.188. The van der Waals surface area contributed by atoms with Crippen LogP contribution >= 0.6 is 11.6 Å². The van der Waals surface area contributed by atoms with Crippen LogP contribution in [0.25, 0.3) is 0 Å². The molecule has 0 radical (unpaired) electrons. The number of amides is 1. The number of halogens is 7. The van der Waals surface area contributed by atoms with Crippen LogP contribution in [0.1, 0.15) is 15.9 Å². The van der Waals surface area contributed by atoms with Gasteiger partial charge in [-0.25, -0.2) is 0 Å². The van der Waals surface area contributed by atoms with E-state index in [1.165, 1.54) is 12.1 Å². The molecule has 2 aromatic rings. The maximum Gasteiger partial charge on any atom is 0.422 e. The van der Waals surface area contributed by atoms with Crippen molar-refractivity contribution in [3.63, 3.8) is 0 Å². The number of hydrogen-bond acceptors (Lipinski definition) is 2. The van der Waals surface area contributed by atoms with Gasteiger partial charge in [-0.15, -0.1) is 0 Å². The SMILES string of the molecule is O=C(Nc1cc(Cl)ccc1OCC(F)(F)F)c1ccccc1C(F)(F)F. The largest absolute Gasteiger partial charge is 0.482 e. The second-order valence-electron chi connectivity index (χ2n) is 5.04. The number of benzene rings is 2. The van der Waals surface area contributed by atoms with Crippen molar-refractivity contribution < 1.29 is 35.9 Å². The van der Waals surface area contributed by atoms with Gasteiger partial charge in [0.2, 0.25) is 0 Å². The Labute approximate surface area is 148 Å². The minimum Gasteiger partial charge on any atom is -0.482 e. The Morgan fingerprint density at radius 1 is 1.04 bits per heavy atom. The molecule has 1 amide bonds. The lowest BCUT2D eigenvalue weighted by atomic mass is 10.1. The Hall–Kier alpha value is -2.42. The first kappa shape index (κ1) is 19.9. The van der Waals surface area contributed by atoms with E-state index < -0.39 is 36.0 Å². The van der Waals surface area contributed by atoms with Gasteiger partial charge in [-0.2, -0.15) is 26.3 Å². The summed E-state index contributed by atoms with van der Waals surface area (Å²) < 4.78 is 80.4. The summed E-state index contributed by atoms with van der Waals surface area (Å²) in [5.74, 6) is -1.55. The minimum absolute atomic E-state index is 0.0452. The van der Waals surface area contributed by atoms with Crippen molar-refractivity contribution in [3.8, 4) is 5.75 Å². The van der Waals surface area contributed by atoms with Gasteiger partial charge in [0, 0.05) is 5.02 Å². The van der Waals surface area contributed by atoms with E-state index in [0.717, 1.165) is 24.3 Å². The average Bonchev–Trinajstić information content (AvgIpc) is 2.52. The van der Waals surface area contributed by atoms with Gasteiger partial charge in [0.25, 0.3) is 5.91 Å². The molecule has 0 unspecified atom stereocenters. The molecular weight excluding hydrogens is 388 g/mol. The molecule has 2 rings (SSSR count). The van der Waals surface area contributed by atoms with E-state index in [2.05, 4.69) is 10.1 Å². The Morgan fingerprint density at radius 3 is 2.31 bits per heavy atom. The summed E-state index contributed by atoms with van der Waals surface area (Å²) >= 11 is 5.73. The summed E-state index contributed by atoms with van der Waals surface area (Å²) in [7, 11) is 0. The molecule has 0 bridgehead atoms. The van der Waals surface area contributed by atoms with Gasteiger partial charge in [0.1, 0.15) is 5.75 Å². The van der Waals surface area contributed by atoms with Crippen LogP contribution in [-0.4, -0.2) is 18.7 Å². The average molecular weight is 398 g/mol. The standard InChI is InChI=1S/C16H10ClF6NO2/c17-9-5-6-13(26-8-15(18,19)20)12(7-9)24-14(25)10-3-1-2-4-11(10)16(21,22)23/h1-7H,8H2,(H,24,25). The molecule has 3 nitrogen and oxygen atoms in total. The minimum atomic E-state index is -4.78. The zero-order valence-electron chi connectivity index (χ0n) is 12.7. The predicted molar refractivity (Wildman–Crippen MR) is 82.4 cm³/mol. The highest BCUT2D eigenvalue weighted by Gasteiger charge is 2.35. The fourth-order valence-electron chi connectivity index (χ4n) is 2.00. The van der Waals surface area contributed by atoms with Crippen molar-refractivity contribution >= 4 is 23.2 Å². The molecule has 10 heteroatoms. The predicted octanol–water partition coefficient (Wildman–Crippen LogP) is 5.55. The van der Waals surface area contributed by atoms with E-state index in [4.69, 9.17) is 11.6 Å². The molecule has 26 heavy (non-hydrogen) atoms. The van der Waals surface area contributed by atoms with Crippen molar-refractivity contribution in [1.29, 1.82) is 0 Å². The van der Waals surface area contributed by atoms with Gasteiger partial charge in [-0.3, -0.25) is 4.79 Å². The van der Waals surface area contributed by atoms with Crippen LogP contribution in [-0.2, 0) is 6.18 Å². The lowest BCUT2D eigenvalue weighted by Crippen LogP contribution is -2.21. The number of carbonyl (C=O) groups excluding carboxylic acids is 1. The van der Waals surface area contributed by atoms with E-state index in [1.54, 1.807) is 0 Å². The second-order valence-corrected chi connectivity index (χ2v) is 5.48. The first-order chi connectivity index (χ1) is 12.0. The Bertz CT molecular complexity index is 804. The molecule has 0 saturated heterocycles. The lowest BCUT2D eigenvalue weighted by Gasteiger charge is -2.16. The van der Waals surface area contributed by atoms with Crippen LogP contribution in [0.5, 0.6) is 5.75 Å². The monoisotopic (exact) mass is 397 g/mol. The van der Waals surface area contributed by atoms with Gasteiger partial charge in [0.15, 0.2) is 6.61 Å². The highest BCUT2D eigenvalue weighted by Crippen LogP contribution is 2.34. The summed E-state index contributed by atoms with van der Waals surface area (Å²) in [6.07, 6.45) is -9.42. The van der Waals surface area contributed by atoms with Crippen LogP contribution in [0.4, 0.5) is 32.0 Å². The van der Waals surface area contributed by atoms with Crippen LogP contribution in [0.15, 0.2) is 42.5 Å². The van der Waals surface area contributed by atoms with Crippen LogP contribution in [0, 0.1) is 0 Å². The molecule has 0 saturated carbocycles. The zero-order chi connectivity index (χ0) is 19.5. The van der Waals surface area contributed by atoms with Crippen molar-refractivity contribution in [2.45, 2.75) is 12.4 Å².